The van der Waals surface area contributed by atoms with Gasteiger partial charge in [0, 0.05) is 12.0 Å². The normalized spacial score (nSPS) is 13.7. The molecule has 0 amide bonds. The molecule has 1 aromatic rings. The molecule has 1 aromatic carbocycles. The first-order valence-corrected chi connectivity index (χ1v) is 6.80. The second-order valence-electron chi connectivity index (χ2n) is 5.78. The molecule has 0 radical (unpaired) electrons. The third kappa shape index (κ3) is 4.65. The molecule has 18 heavy (non-hydrogen) atoms. The summed E-state index contributed by atoms with van der Waals surface area (Å²) in [7, 11) is 0. The van der Waals surface area contributed by atoms with Gasteiger partial charge in [-0.15, -0.1) is 0 Å². The summed E-state index contributed by atoms with van der Waals surface area (Å²) in [6.07, 6.45) is 0.635. The van der Waals surface area contributed by atoms with E-state index in [2.05, 4.69) is 36.7 Å². The zero-order valence-corrected chi connectivity index (χ0v) is 12.5. The van der Waals surface area contributed by atoms with Crippen molar-refractivity contribution in [3.05, 3.63) is 33.8 Å². The maximum Gasteiger partial charge on any atom is 0.143 e. The molecule has 0 saturated heterocycles. The molecule has 1 atom stereocenters. The van der Waals surface area contributed by atoms with E-state index in [0.29, 0.717) is 6.42 Å². The Kier molecular flexibility index (Phi) is 5.29. The standard InChI is InChI=1S/C14H19BrF2O/c1-14(2,3)7-6-9(18)8-10-12(16)5-4-11(15)13(10)17/h4-5,9,18H,6-8H2,1-3H3. The molecular formula is C14H19BrF2O. The Morgan fingerprint density at radius 1 is 1.28 bits per heavy atom. The Balaban J connectivity index is 2.70. The van der Waals surface area contributed by atoms with Crippen molar-refractivity contribution in [3.8, 4) is 0 Å². The maximum atomic E-state index is 13.7. The van der Waals surface area contributed by atoms with Gasteiger partial charge in [0.15, 0.2) is 0 Å². The number of aliphatic hydroxyl groups is 1. The summed E-state index contributed by atoms with van der Waals surface area (Å²) in [5, 5.41) is 9.86. The van der Waals surface area contributed by atoms with Gasteiger partial charge in [-0.2, -0.15) is 0 Å². The van der Waals surface area contributed by atoms with Gasteiger partial charge < -0.3 is 5.11 Å². The van der Waals surface area contributed by atoms with Crippen molar-refractivity contribution < 1.29 is 13.9 Å². The van der Waals surface area contributed by atoms with E-state index >= 15 is 0 Å². The quantitative estimate of drug-likeness (QED) is 0.812. The third-order valence-electron chi connectivity index (χ3n) is 2.81. The van der Waals surface area contributed by atoms with Gasteiger partial charge in [0.05, 0.1) is 10.6 Å². The first-order valence-electron chi connectivity index (χ1n) is 6.01. The van der Waals surface area contributed by atoms with Gasteiger partial charge in [-0.3, -0.25) is 0 Å². The first kappa shape index (κ1) is 15.6. The third-order valence-corrected chi connectivity index (χ3v) is 3.42. The lowest BCUT2D eigenvalue weighted by atomic mass is 9.88. The molecule has 0 saturated carbocycles. The fourth-order valence-corrected chi connectivity index (χ4v) is 2.06. The van der Waals surface area contributed by atoms with Gasteiger partial charge in [0.25, 0.3) is 0 Å². The van der Waals surface area contributed by atoms with Crippen LogP contribution in [0, 0.1) is 17.0 Å². The van der Waals surface area contributed by atoms with Gasteiger partial charge in [0.1, 0.15) is 11.6 Å². The highest BCUT2D eigenvalue weighted by Gasteiger charge is 2.18. The molecule has 1 nitrogen and oxygen atoms in total. The van der Waals surface area contributed by atoms with Crippen LogP contribution in [0.2, 0.25) is 0 Å². The minimum absolute atomic E-state index is 0.00713. The van der Waals surface area contributed by atoms with Crippen LogP contribution < -0.4 is 0 Å². The summed E-state index contributed by atoms with van der Waals surface area (Å²) in [5.41, 5.74) is 0.0563. The van der Waals surface area contributed by atoms with Crippen LogP contribution in [-0.2, 0) is 6.42 Å². The zero-order chi connectivity index (χ0) is 13.9. The van der Waals surface area contributed by atoms with Gasteiger partial charge >= 0.3 is 0 Å². The summed E-state index contributed by atoms with van der Waals surface area (Å²) in [4.78, 5) is 0. The van der Waals surface area contributed by atoms with E-state index in [9.17, 15) is 13.9 Å². The van der Waals surface area contributed by atoms with Crippen molar-refractivity contribution in [2.75, 3.05) is 0 Å². The molecule has 1 rings (SSSR count). The van der Waals surface area contributed by atoms with Crippen LogP contribution in [0.4, 0.5) is 8.78 Å². The molecule has 1 N–H and O–H groups in total. The number of hydrogen-bond donors (Lipinski definition) is 1. The number of halogens is 3. The Morgan fingerprint density at radius 2 is 1.89 bits per heavy atom. The van der Waals surface area contributed by atoms with E-state index in [4.69, 9.17) is 0 Å². The average Bonchev–Trinajstić information content (AvgIpc) is 2.26. The lowest BCUT2D eigenvalue weighted by Gasteiger charge is -2.20. The molecule has 0 aromatic heterocycles. The van der Waals surface area contributed by atoms with E-state index in [0.717, 1.165) is 6.42 Å². The molecule has 4 heteroatoms. The fourth-order valence-electron chi connectivity index (χ4n) is 1.69. The van der Waals surface area contributed by atoms with Crippen molar-refractivity contribution in [1.82, 2.24) is 0 Å². The highest BCUT2D eigenvalue weighted by Crippen LogP contribution is 2.26. The van der Waals surface area contributed by atoms with Crippen LogP contribution in [0.15, 0.2) is 16.6 Å². The fraction of sp³-hybridized carbons (Fsp3) is 0.571. The summed E-state index contributed by atoms with van der Waals surface area (Å²) in [5.74, 6) is -1.23. The molecular weight excluding hydrogens is 302 g/mol. The predicted molar refractivity (Wildman–Crippen MR) is 72.5 cm³/mol. The zero-order valence-electron chi connectivity index (χ0n) is 10.9. The van der Waals surface area contributed by atoms with Gasteiger partial charge in [-0.1, -0.05) is 20.8 Å². The Hall–Kier alpha value is -0.480. The molecule has 0 aliphatic heterocycles. The van der Waals surface area contributed by atoms with E-state index in [1.807, 2.05) is 0 Å². The lowest BCUT2D eigenvalue weighted by molar-refractivity contribution is 0.143. The summed E-state index contributed by atoms with van der Waals surface area (Å²) >= 11 is 3.02. The van der Waals surface area contributed by atoms with Crippen LogP contribution in [0.1, 0.15) is 39.2 Å². The largest absolute Gasteiger partial charge is 0.393 e. The van der Waals surface area contributed by atoms with Crippen LogP contribution in [0.5, 0.6) is 0 Å². The van der Waals surface area contributed by atoms with Crippen LogP contribution in [-0.4, -0.2) is 11.2 Å². The van der Waals surface area contributed by atoms with Gasteiger partial charge in [-0.25, -0.2) is 8.78 Å². The molecule has 1 unspecified atom stereocenters. The van der Waals surface area contributed by atoms with E-state index in [1.54, 1.807) is 0 Å². The van der Waals surface area contributed by atoms with Crippen molar-refractivity contribution in [3.63, 3.8) is 0 Å². The Bertz CT molecular complexity index is 413. The van der Waals surface area contributed by atoms with Crippen molar-refractivity contribution in [2.24, 2.45) is 5.41 Å². The molecule has 0 aliphatic carbocycles. The number of rotatable bonds is 4. The molecule has 0 bridgehead atoms. The SMILES string of the molecule is CC(C)(C)CCC(O)Cc1c(F)ccc(Br)c1F. The highest BCUT2D eigenvalue weighted by atomic mass is 79.9. The van der Waals surface area contributed by atoms with E-state index in [-0.39, 0.29) is 21.9 Å². The summed E-state index contributed by atoms with van der Waals surface area (Å²) < 4.78 is 27.4. The Labute approximate surface area is 115 Å². The monoisotopic (exact) mass is 320 g/mol. The Morgan fingerprint density at radius 3 is 2.44 bits per heavy atom. The number of hydrogen-bond acceptors (Lipinski definition) is 1. The van der Waals surface area contributed by atoms with E-state index < -0.39 is 17.7 Å². The molecule has 102 valence electrons. The first-order chi connectivity index (χ1) is 8.20. The lowest BCUT2D eigenvalue weighted by Crippen LogP contribution is -2.16. The van der Waals surface area contributed by atoms with Crippen LogP contribution in [0.25, 0.3) is 0 Å². The highest BCUT2D eigenvalue weighted by molar-refractivity contribution is 9.10. The topological polar surface area (TPSA) is 20.2 Å². The summed E-state index contributed by atoms with van der Waals surface area (Å²) in [6, 6.07) is 2.54. The number of benzene rings is 1. The van der Waals surface area contributed by atoms with Crippen molar-refractivity contribution in [1.29, 1.82) is 0 Å². The second-order valence-corrected chi connectivity index (χ2v) is 6.63. The minimum atomic E-state index is -0.720. The van der Waals surface area contributed by atoms with Crippen molar-refractivity contribution in [2.45, 2.75) is 46.1 Å². The minimum Gasteiger partial charge on any atom is -0.393 e. The summed E-state index contributed by atoms with van der Waals surface area (Å²) in [6.45, 7) is 6.21. The van der Waals surface area contributed by atoms with Gasteiger partial charge in [-0.05, 0) is 46.3 Å². The van der Waals surface area contributed by atoms with Gasteiger partial charge in [0.2, 0.25) is 0 Å². The molecule has 0 aliphatic rings. The molecule has 0 spiro atoms. The number of aliphatic hydroxyl groups excluding tert-OH is 1. The predicted octanol–water partition coefficient (Wildman–Crippen LogP) is 4.46. The van der Waals surface area contributed by atoms with Crippen LogP contribution >= 0.6 is 15.9 Å². The van der Waals surface area contributed by atoms with Crippen molar-refractivity contribution >= 4 is 15.9 Å². The smallest absolute Gasteiger partial charge is 0.143 e. The average molecular weight is 321 g/mol. The molecule has 0 heterocycles. The maximum absolute atomic E-state index is 13.7. The van der Waals surface area contributed by atoms with E-state index in [1.165, 1.54) is 12.1 Å². The van der Waals surface area contributed by atoms with Crippen LogP contribution in [0.3, 0.4) is 0 Å². The second kappa shape index (κ2) is 6.11. The molecule has 0 fully saturated rings.